The highest BCUT2D eigenvalue weighted by Gasteiger charge is 2.24. The number of fused-ring (bicyclic) bond motifs is 1. The predicted octanol–water partition coefficient (Wildman–Crippen LogP) is 5.81. The molecule has 3 aromatic rings. The summed E-state index contributed by atoms with van der Waals surface area (Å²) in [5.74, 6) is 1.58. The van der Waals surface area contributed by atoms with Crippen molar-refractivity contribution in [2.45, 2.75) is 29.7 Å². The second-order valence-electron chi connectivity index (χ2n) is 6.64. The molecule has 5 heteroatoms. The smallest absolute Gasteiger partial charge is 0.129 e. The fourth-order valence-electron chi connectivity index (χ4n) is 3.44. The Hall–Kier alpha value is -2.24. The van der Waals surface area contributed by atoms with Crippen LogP contribution in [-0.2, 0) is 17.9 Å². The molecule has 0 aliphatic carbocycles. The molecule has 0 unspecified atom stereocenters. The molecule has 0 radical (unpaired) electrons. The number of halogens is 1. The number of methoxy groups -OCH3 is 1. The van der Waals surface area contributed by atoms with Crippen molar-refractivity contribution < 1.29 is 13.5 Å². The molecule has 3 nitrogen and oxygen atoms in total. The van der Waals surface area contributed by atoms with Gasteiger partial charge in [-0.05, 0) is 48.4 Å². The van der Waals surface area contributed by atoms with Crippen LogP contribution in [0.5, 0.6) is 0 Å². The van der Waals surface area contributed by atoms with E-state index in [1.807, 2.05) is 30.0 Å². The lowest BCUT2D eigenvalue weighted by molar-refractivity contribution is 0.162. The maximum atomic E-state index is 13.7. The lowest BCUT2D eigenvalue weighted by atomic mass is 10.1. The maximum absolute atomic E-state index is 13.7. The standard InChI is InChI=1S/C22H22FNO2S/c1-25-15-19-10-9-18(26-19)14-24-12-11-21(16-5-4-6-17(23)13-16)27-22-8-3-2-7-20(22)24/h2-10,13,21H,11-12,14-15H2,1H3/t21-/m0/s1. The largest absolute Gasteiger partial charge is 0.462 e. The van der Waals surface area contributed by atoms with Crippen molar-refractivity contribution in [1.29, 1.82) is 0 Å². The number of benzene rings is 2. The molecule has 1 aliphatic heterocycles. The molecule has 0 amide bonds. The average molecular weight is 383 g/mol. The van der Waals surface area contributed by atoms with Crippen LogP contribution in [0.1, 0.15) is 28.8 Å². The van der Waals surface area contributed by atoms with E-state index in [0.29, 0.717) is 13.2 Å². The second-order valence-corrected chi connectivity index (χ2v) is 7.89. The van der Waals surface area contributed by atoms with Crippen LogP contribution < -0.4 is 4.90 Å². The number of ether oxygens (including phenoxy) is 1. The van der Waals surface area contributed by atoms with E-state index < -0.39 is 0 Å². The first kappa shape index (κ1) is 18.1. The van der Waals surface area contributed by atoms with Crippen LogP contribution >= 0.6 is 11.8 Å². The minimum atomic E-state index is -0.177. The van der Waals surface area contributed by atoms with E-state index in [1.54, 1.807) is 19.2 Å². The van der Waals surface area contributed by atoms with Crippen LogP contribution in [0.3, 0.4) is 0 Å². The Balaban J connectivity index is 1.59. The highest BCUT2D eigenvalue weighted by molar-refractivity contribution is 7.99. The van der Waals surface area contributed by atoms with Crippen LogP contribution in [0.4, 0.5) is 10.1 Å². The molecular weight excluding hydrogens is 361 g/mol. The van der Waals surface area contributed by atoms with Crippen LogP contribution in [0.25, 0.3) is 0 Å². The first-order valence-corrected chi connectivity index (χ1v) is 9.93. The Morgan fingerprint density at radius 2 is 1.96 bits per heavy atom. The number of anilines is 1. The predicted molar refractivity (Wildman–Crippen MR) is 107 cm³/mol. The van der Waals surface area contributed by atoms with E-state index in [-0.39, 0.29) is 11.1 Å². The zero-order valence-corrected chi connectivity index (χ0v) is 16.0. The van der Waals surface area contributed by atoms with Gasteiger partial charge in [0.1, 0.15) is 23.9 Å². The number of rotatable bonds is 5. The van der Waals surface area contributed by atoms with Gasteiger partial charge < -0.3 is 14.1 Å². The fourth-order valence-corrected chi connectivity index (χ4v) is 4.73. The van der Waals surface area contributed by atoms with E-state index >= 15 is 0 Å². The molecule has 0 spiro atoms. The van der Waals surface area contributed by atoms with Crippen LogP contribution in [-0.4, -0.2) is 13.7 Å². The van der Waals surface area contributed by atoms with Gasteiger partial charge in [-0.2, -0.15) is 0 Å². The third-order valence-corrected chi connectivity index (χ3v) is 6.10. The lowest BCUT2D eigenvalue weighted by Gasteiger charge is -2.23. The molecule has 4 rings (SSSR count). The van der Waals surface area contributed by atoms with Crippen LogP contribution in [0.15, 0.2) is 70.0 Å². The van der Waals surface area contributed by atoms with Gasteiger partial charge >= 0.3 is 0 Å². The lowest BCUT2D eigenvalue weighted by Crippen LogP contribution is -2.23. The number of thioether (sulfide) groups is 1. The molecule has 2 heterocycles. The summed E-state index contributed by atoms with van der Waals surface area (Å²) >= 11 is 1.81. The molecule has 1 aromatic heterocycles. The van der Waals surface area contributed by atoms with E-state index in [0.717, 1.165) is 30.0 Å². The molecular formula is C22H22FNO2S. The van der Waals surface area contributed by atoms with Gasteiger partial charge in [0.15, 0.2) is 0 Å². The molecule has 0 bridgehead atoms. The highest BCUT2D eigenvalue weighted by atomic mass is 32.2. The van der Waals surface area contributed by atoms with Crippen molar-refractivity contribution in [1.82, 2.24) is 0 Å². The summed E-state index contributed by atoms with van der Waals surface area (Å²) in [6, 6.07) is 19.3. The molecule has 1 atom stereocenters. The summed E-state index contributed by atoms with van der Waals surface area (Å²) < 4.78 is 24.7. The summed E-state index contributed by atoms with van der Waals surface area (Å²) in [5, 5.41) is 0.229. The molecule has 0 saturated carbocycles. The van der Waals surface area contributed by atoms with Gasteiger partial charge in [0.05, 0.1) is 12.2 Å². The monoisotopic (exact) mass is 383 g/mol. The van der Waals surface area contributed by atoms with E-state index in [4.69, 9.17) is 9.15 Å². The van der Waals surface area contributed by atoms with E-state index in [9.17, 15) is 4.39 Å². The normalized spacial score (nSPS) is 16.8. The highest BCUT2D eigenvalue weighted by Crippen LogP contribution is 2.45. The number of furan rings is 1. The molecule has 0 fully saturated rings. The van der Waals surface area contributed by atoms with E-state index in [1.165, 1.54) is 16.6 Å². The molecule has 2 aromatic carbocycles. The maximum Gasteiger partial charge on any atom is 0.129 e. The third-order valence-electron chi connectivity index (χ3n) is 4.71. The SMILES string of the molecule is COCc1ccc(CN2CC[C@@H](c3cccc(F)c3)Sc3ccccc32)o1. The first-order valence-electron chi connectivity index (χ1n) is 9.05. The average Bonchev–Trinajstić information content (AvgIpc) is 3.03. The number of para-hydroxylation sites is 1. The summed E-state index contributed by atoms with van der Waals surface area (Å²) in [5.41, 5.74) is 2.24. The Bertz CT molecular complexity index is 911. The van der Waals surface area contributed by atoms with Gasteiger partial charge in [-0.25, -0.2) is 4.39 Å². The number of hydrogen-bond acceptors (Lipinski definition) is 4. The Morgan fingerprint density at radius 3 is 2.81 bits per heavy atom. The van der Waals surface area contributed by atoms with Crippen molar-refractivity contribution in [2.24, 2.45) is 0 Å². The Morgan fingerprint density at radius 1 is 1.11 bits per heavy atom. The molecule has 27 heavy (non-hydrogen) atoms. The van der Waals surface area contributed by atoms with Gasteiger partial charge in [-0.3, -0.25) is 0 Å². The number of hydrogen-bond donors (Lipinski definition) is 0. The minimum Gasteiger partial charge on any atom is -0.462 e. The zero-order chi connectivity index (χ0) is 18.6. The zero-order valence-electron chi connectivity index (χ0n) is 15.2. The molecule has 0 N–H and O–H groups in total. The molecule has 1 aliphatic rings. The van der Waals surface area contributed by atoms with Crippen molar-refractivity contribution in [2.75, 3.05) is 18.6 Å². The van der Waals surface area contributed by atoms with E-state index in [2.05, 4.69) is 29.2 Å². The number of nitrogens with zero attached hydrogens (tertiary/aromatic N) is 1. The fraction of sp³-hybridized carbons (Fsp3) is 0.273. The molecule has 140 valence electrons. The first-order chi connectivity index (χ1) is 13.2. The van der Waals surface area contributed by atoms with Gasteiger partial charge in [0.25, 0.3) is 0 Å². The third kappa shape index (κ3) is 4.20. The summed E-state index contributed by atoms with van der Waals surface area (Å²) in [6.07, 6.45) is 0.939. The van der Waals surface area contributed by atoms with Gasteiger partial charge in [0.2, 0.25) is 0 Å². The minimum absolute atomic E-state index is 0.177. The summed E-state index contributed by atoms with van der Waals surface area (Å²) in [7, 11) is 1.66. The summed E-state index contributed by atoms with van der Waals surface area (Å²) in [6.45, 7) is 2.07. The van der Waals surface area contributed by atoms with Crippen LogP contribution in [0, 0.1) is 5.82 Å². The van der Waals surface area contributed by atoms with Gasteiger partial charge in [-0.15, -0.1) is 11.8 Å². The van der Waals surface area contributed by atoms with Crippen molar-refractivity contribution in [3.05, 3.63) is 83.6 Å². The van der Waals surface area contributed by atoms with Crippen molar-refractivity contribution >= 4 is 17.4 Å². The quantitative estimate of drug-likeness (QED) is 0.555. The van der Waals surface area contributed by atoms with Crippen LogP contribution in [0.2, 0.25) is 0 Å². The van der Waals surface area contributed by atoms with Crippen molar-refractivity contribution in [3.63, 3.8) is 0 Å². The van der Waals surface area contributed by atoms with Gasteiger partial charge in [0, 0.05) is 23.8 Å². The van der Waals surface area contributed by atoms with Gasteiger partial charge in [-0.1, -0.05) is 24.3 Å². The summed E-state index contributed by atoms with van der Waals surface area (Å²) in [4.78, 5) is 3.56. The Kier molecular flexibility index (Phi) is 5.50. The Labute approximate surface area is 163 Å². The topological polar surface area (TPSA) is 25.6 Å². The molecule has 0 saturated heterocycles. The van der Waals surface area contributed by atoms with Crippen molar-refractivity contribution in [3.8, 4) is 0 Å². The second kappa shape index (κ2) is 8.19.